The highest BCUT2D eigenvalue weighted by Gasteiger charge is 2.47. The second kappa shape index (κ2) is 27.0. The topological polar surface area (TPSA) is 264 Å². The predicted octanol–water partition coefficient (Wildman–Crippen LogP) is 10.3. The SMILES string of the molecule is NC(=NO)c1ccc2c(c1)C1(CCN(C(=O)c3ccc(C#Cc4ccccc4)o3)CC1)CO2.NCc1cc2c(cc1F)OCC21CCN(C(=O)c2ccc(Cl)c(Cl)c2)CC1.NN=C(N)c1ccc2c(c1)C1(CCN(C(=O)c3ccc(C#Cc4ccccc4)o3)CC1)CO2. The summed E-state index contributed by atoms with van der Waals surface area (Å²) in [7, 11) is 0. The fourth-order valence-electron chi connectivity index (χ4n) is 12.9. The number of amidine groups is 2. The van der Waals surface area contributed by atoms with E-state index in [4.69, 9.17) is 74.5 Å². The highest BCUT2D eigenvalue weighted by molar-refractivity contribution is 6.42. The summed E-state index contributed by atoms with van der Waals surface area (Å²) in [6.45, 7) is 5.38. The number of benzene rings is 6. The lowest BCUT2D eigenvalue weighted by Crippen LogP contribution is -2.46. The summed E-state index contributed by atoms with van der Waals surface area (Å²) in [5.41, 5.74) is 24.2. The van der Waals surface area contributed by atoms with Crippen molar-refractivity contribution < 1.29 is 47.0 Å². The van der Waals surface area contributed by atoms with Crippen molar-refractivity contribution in [3.05, 3.63) is 241 Å². The fourth-order valence-corrected chi connectivity index (χ4v) is 13.2. The molecule has 3 saturated heterocycles. The molecular formula is C72H66Cl2FN9O9. The van der Waals surface area contributed by atoms with Gasteiger partial charge < -0.3 is 66.0 Å². The molecule has 6 aliphatic rings. The van der Waals surface area contributed by atoms with Crippen molar-refractivity contribution in [2.75, 3.05) is 59.1 Å². The summed E-state index contributed by atoms with van der Waals surface area (Å²) in [5.74, 6) is 20.9. The van der Waals surface area contributed by atoms with Crippen LogP contribution in [0.2, 0.25) is 10.0 Å². The minimum atomic E-state index is -0.333. The maximum Gasteiger partial charge on any atom is 0.289 e. The molecular weight excluding hydrogens is 1220 g/mol. The third-order valence-corrected chi connectivity index (χ3v) is 19.2. The van der Waals surface area contributed by atoms with Crippen LogP contribution in [0.5, 0.6) is 17.2 Å². The number of rotatable bonds is 6. The van der Waals surface area contributed by atoms with Crippen LogP contribution in [0.4, 0.5) is 4.39 Å². The summed E-state index contributed by atoms with van der Waals surface area (Å²) in [6, 6.07) is 45.6. The van der Waals surface area contributed by atoms with Gasteiger partial charge >= 0.3 is 0 Å². The zero-order chi connectivity index (χ0) is 64.9. The van der Waals surface area contributed by atoms with E-state index >= 15 is 0 Å². The van der Waals surface area contributed by atoms with Crippen LogP contribution in [-0.2, 0) is 22.8 Å². The second-order valence-corrected chi connectivity index (χ2v) is 24.7. The lowest BCUT2D eigenvalue weighted by Gasteiger charge is -2.38. The first-order chi connectivity index (χ1) is 45.1. The lowest BCUT2D eigenvalue weighted by atomic mass is 9.74. The monoisotopic (exact) mass is 1290 g/mol. The molecule has 3 fully saturated rings. The van der Waals surface area contributed by atoms with Crippen LogP contribution in [0.1, 0.15) is 126 Å². The van der Waals surface area contributed by atoms with E-state index in [9.17, 15) is 18.8 Å². The minimum Gasteiger partial charge on any atom is -0.492 e. The number of carbonyl (C=O) groups excluding carboxylic acids is 3. The van der Waals surface area contributed by atoms with Crippen LogP contribution in [0.25, 0.3) is 0 Å². The van der Waals surface area contributed by atoms with Gasteiger partial charge in [-0.15, -0.1) is 0 Å². The number of ether oxygens (including phenoxy) is 3. The number of nitrogens with zero attached hydrogens (tertiary/aromatic N) is 5. The van der Waals surface area contributed by atoms with E-state index in [1.807, 2.05) is 112 Å². The van der Waals surface area contributed by atoms with E-state index in [-0.39, 0.29) is 58.0 Å². The Morgan fingerprint density at radius 3 is 1.38 bits per heavy atom. The van der Waals surface area contributed by atoms with Crippen molar-refractivity contribution in [1.82, 2.24) is 14.7 Å². The number of likely N-dealkylation sites (tertiary alicyclic amines) is 3. The number of halogens is 3. The van der Waals surface area contributed by atoms with Gasteiger partial charge in [0, 0.05) is 118 Å². The van der Waals surface area contributed by atoms with E-state index in [2.05, 4.69) is 33.9 Å². The summed E-state index contributed by atoms with van der Waals surface area (Å²) < 4.78 is 43.1. The number of furan rings is 2. The Hall–Kier alpha value is -10.2. The normalized spacial score (nSPS) is 16.9. The average molecular weight is 1290 g/mol. The van der Waals surface area contributed by atoms with E-state index in [1.165, 1.54) is 6.07 Å². The minimum absolute atomic E-state index is 0.0655. The number of hydrazone groups is 1. The van der Waals surface area contributed by atoms with Gasteiger partial charge in [-0.2, -0.15) is 5.10 Å². The van der Waals surface area contributed by atoms with Gasteiger partial charge in [-0.1, -0.05) is 76.6 Å². The van der Waals surface area contributed by atoms with Crippen LogP contribution < -0.4 is 37.3 Å². The zero-order valence-corrected chi connectivity index (χ0v) is 52.2. The van der Waals surface area contributed by atoms with Crippen molar-refractivity contribution in [2.45, 2.75) is 61.3 Å². The van der Waals surface area contributed by atoms with Crippen molar-refractivity contribution >= 4 is 52.6 Å². The number of nitrogens with two attached hydrogens (primary N) is 4. The van der Waals surface area contributed by atoms with Gasteiger partial charge in [-0.05, 0) is 160 Å². The largest absolute Gasteiger partial charge is 0.492 e. The van der Waals surface area contributed by atoms with Crippen molar-refractivity contribution in [3.8, 4) is 40.9 Å². The van der Waals surface area contributed by atoms with E-state index in [1.54, 1.807) is 48.5 Å². The quantitative estimate of drug-likeness (QED) is 0.0259. The van der Waals surface area contributed by atoms with Crippen molar-refractivity contribution in [2.24, 2.45) is 33.3 Å². The summed E-state index contributed by atoms with van der Waals surface area (Å²) >= 11 is 12.0. The first-order valence-electron chi connectivity index (χ1n) is 30.5. The van der Waals surface area contributed by atoms with E-state index < -0.39 is 0 Å². The van der Waals surface area contributed by atoms with Gasteiger partial charge in [0.25, 0.3) is 17.7 Å². The van der Waals surface area contributed by atoms with Crippen LogP contribution in [0, 0.1) is 29.5 Å². The third kappa shape index (κ3) is 13.2. The fraction of sp³-hybridized carbons (Fsp3) is 0.264. The van der Waals surface area contributed by atoms with Gasteiger partial charge in [-0.3, -0.25) is 14.4 Å². The van der Waals surface area contributed by atoms with Crippen LogP contribution in [-0.4, -0.2) is 108 Å². The molecule has 18 nitrogen and oxygen atoms in total. The Morgan fingerprint density at radius 1 is 0.505 bits per heavy atom. The standard InChI is InChI=1S/C26H24N4O3.C26H23N3O4.C20H19Cl2FN2O2/c27-24(29-28)19-7-10-22-21(16-19)26(17-32-22)12-14-30(15-13-26)25(31)23-11-9-20(33-23)8-6-18-4-2-1-3-5-18;27-24(28-31)19-7-10-22-21(16-19)26(17-32-22)12-14-29(15-13-26)25(30)23-11-9-20(33-23)8-6-18-4-2-1-3-5-18;21-15-2-1-12(8-16(15)22)19(26)25-5-3-20(4-6-25)11-27-18-9-17(23)13(10-24)7-14(18)20/h1-5,7,9-11,16H,12-15,17,28H2,(H2,27,29);1-5,7,9-11,16,31H,12-15,17H2,(H2,27,28);1-2,7-9H,3-6,10-11,24H2. The summed E-state index contributed by atoms with van der Waals surface area (Å²) in [5, 5.41) is 16.5. The maximum absolute atomic E-state index is 14.0. The Morgan fingerprint density at radius 2 is 0.935 bits per heavy atom. The molecule has 2 aromatic heterocycles. The number of hydrogen-bond donors (Lipinski definition) is 5. The molecule has 6 aliphatic heterocycles. The molecule has 0 saturated carbocycles. The van der Waals surface area contributed by atoms with Gasteiger partial charge in [0.05, 0.1) is 29.9 Å². The molecule has 14 rings (SSSR count). The molecule has 0 radical (unpaired) electrons. The average Bonchev–Trinajstić information content (AvgIpc) is 1.67. The molecule has 93 heavy (non-hydrogen) atoms. The molecule has 21 heteroatoms. The molecule has 3 spiro atoms. The van der Waals surface area contributed by atoms with Crippen LogP contribution >= 0.6 is 23.2 Å². The lowest BCUT2D eigenvalue weighted by molar-refractivity contribution is 0.0609. The Kier molecular flexibility index (Phi) is 18.3. The smallest absolute Gasteiger partial charge is 0.289 e. The number of fused-ring (bicyclic) bond motifs is 6. The molecule has 8 heterocycles. The maximum atomic E-state index is 14.0. The van der Waals surface area contributed by atoms with Crippen LogP contribution in [0.3, 0.4) is 0 Å². The highest BCUT2D eigenvalue weighted by Crippen LogP contribution is 2.49. The number of carbonyl (C=O) groups is 3. The Labute approximate surface area is 546 Å². The molecule has 0 bridgehead atoms. The van der Waals surface area contributed by atoms with Gasteiger partial charge in [0.2, 0.25) is 0 Å². The summed E-state index contributed by atoms with van der Waals surface area (Å²) in [4.78, 5) is 44.3. The zero-order valence-electron chi connectivity index (χ0n) is 50.6. The van der Waals surface area contributed by atoms with E-state index in [0.717, 1.165) is 83.4 Å². The molecule has 8 aromatic rings. The first kappa shape index (κ1) is 63.0. The molecule has 9 N–H and O–H groups in total. The predicted molar refractivity (Wildman–Crippen MR) is 350 cm³/mol. The molecule has 3 amide bonds. The number of piperidine rings is 3. The Balaban J connectivity index is 0.000000135. The molecule has 0 unspecified atom stereocenters. The number of hydrogen-bond acceptors (Lipinski definition) is 13. The second-order valence-electron chi connectivity index (χ2n) is 23.8. The third-order valence-electron chi connectivity index (χ3n) is 18.4. The van der Waals surface area contributed by atoms with Crippen molar-refractivity contribution in [3.63, 3.8) is 0 Å². The molecule has 0 aliphatic carbocycles. The van der Waals surface area contributed by atoms with E-state index in [0.29, 0.717) is 115 Å². The van der Waals surface area contributed by atoms with Crippen LogP contribution in [0.15, 0.2) is 171 Å². The summed E-state index contributed by atoms with van der Waals surface area (Å²) in [6.07, 6.45) is 4.59. The van der Waals surface area contributed by atoms with Gasteiger partial charge in [-0.25, -0.2) is 4.39 Å². The Bertz CT molecular complexity index is 4130. The highest BCUT2D eigenvalue weighted by atomic mass is 35.5. The van der Waals surface area contributed by atoms with Gasteiger partial charge in [0.1, 0.15) is 28.9 Å². The number of oxime groups is 1. The first-order valence-corrected chi connectivity index (χ1v) is 31.2. The van der Waals surface area contributed by atoms with Crippen molar-refractivity contribution in [1.29, 1.82) is 0 Å². The van der Waals surface area contributed by atoms with Gasteiger partial charge in [0.15, 0.2) is 28.9 Å². The number of amides is 3. The molecule has 6 aromatic carbocycles. The molecule has 474 valence electrons. The molecule has 0 atom stereocenters.